The Balaban J connectivity index is 1.56. The van der Waals surface area contributed by atoms with Gasteiger partial charge < -0.3 is 9.15 Å². The number of benzene rings is 1. The minimum atomic E-state index is -0.596. The van der Waals surface area contributed by atoms with Crippen LogP contribution >= 0.6 is 15.9 Å². The topological polar surface area (TPSA) is 93.8 Å². The van der Waals surface area contributed by atoms with E-state index in [9.17, 15) is 9.59 Å². The fourth-order valence-corrected chi connectivity index (χ4v) is 2.24. The van der Waals surface area contributed by atoms with Crippen LogP contribution in [0.4, 0.5) is 0 Å². The first-order chi connectivity index (χ1) is 12.6. The summed E-state index contributed by atoms with van der Waals surface area (Å²) in [6.07, 6.45) is 4.54. The van der Waals surface area contributed by atoms with Gasteiger partial charge in [0.25, 0.3) is 5.91 Å². The number of esters is 1. The van der Waals surface area contributed by atoms with Crippen molar-refractivity contribution in [3.63, 3.8) is 0 Å². The second-order valence-corrected chi connectivity index (χ2v) is 5.78. The Morgan fingerprint density at radius 2 is 1.81 bits per heavy atom. The quantitative estimate of drug-likeness (QED) is 0.299. The molecule has 3 rings (SSSR count). The second kappa shape index (κ2) is 8.21. The number of hydrogen-bond donors (Lipinski definition) is 1. The molecular formula is C18H12BrN3O4. The predicted octanol–water partition coefficient (Wildman–Crippen LogP) is 3.42. The molecule has 8 heteroatoms. The maximum Gasteiger partial charge on any atom is 0.379 e. The minimum absolute atomic E-state index is 0.0985. The van der Waals surface area contributed by atoms with Crippen LogP contribution in [0.25, 0.3) is 0 Å². The smallest absolute Gasteiger partial charge is 0.379 e. The number of carbonyl (C=O) groups excluding carboxylic acids is 2. The summed E-state index contributed by atoms with van der Waals surface area (Å²) in [5.74, 6) is -0.470. The first-order valence-corrected chi connectivity index (χ1v) is 8.22. The molecule has 0 bridgehead atoms. The number of rotatable bonds is 5. The van der Waals surface area contributed by atoms with Crippen LogP contribution in [-0.4, -0.2) is 23.1 Å². The van der Waals surface area contributed by atoms with Gasteiger partial charge in [-0.2, -0.15) is 5.10 Å². The molecule has 7 nitrogen and oxygen atoms in total. The molecule has 0 spiro atoms. The maximum atomic E-state index is 11.9. The van der Waals surface area contributed by atoms with Crippen LogP contribution < -0.4 is 10.2 Å². The summed E-state index contributed by atoms with van der Waals surface area (Å²) in [6.45, 7) is 0. The van der Waals surface area contributed by atoms with Crippen molar-refractivity contribution in [2.75, 3.05) is 0 Å². The average molecular weight is 414 g/mol. The summed E-state index contributed by atoms with van der Waals surface area (Å²) >= 11 is 3.12. The Morgan fingerprint density at radius 3 is 2.46 bits per heavy atom. The van der Waals surface area contributed by atoms with Gasteiger partial charge in [0.15, 0.2) is 4.67 Å². The van der Waals surface area contributed by atoms with Gasteiger partial charge in [-0.05, 0) is 70.0 Å². The number of hydrogen-bond acceptors (Lipinski definition) is 6. The summed E-state index contributed by atoms with van der Waals surface area (Å²) in [7, 11) is 0. The molecule has 130 valence electrons. The van der Waals surface area contributed by atoms with E-state index in [0.717, 1.165) is 5.56 Å². The zero-order valence-corrected chi connectivity index (χ0v) is 14.8. The van der Waals surface area contributed by atoms with E-state index < -0.39 is 5.97 Å². The summed E-state index contributed by atoms with van der Waals surface area (Å²) in [6, 6.07) is 12.9. The molecule has 0 aliphatic rings. The molecule has 1 N–H and O–H groups in total. The maximum absolute atomic E-state index is 11.9. The third-order valence-electron chi connectivity index (χ3n) is 3.19. The van der Waals surface area contributed by atoms with Gasteiger partial charge in [-0.1, -0.05) is 0 Å². The first kappa shape index (κ1) is 17.6. The Bertz CT molecular complexity index is 937. The van der Waals surface area contributed by atoms with E-state index in [0.29, 0.717) is 16.0 Å². The van der Waals surface area contributed by atoms with E-state index in [1.54, 1.807) is 42.5 Å². The second-order valence-electron chi connectivity index (χ2n) is 5.00. The summed E-state index contributed by atoms with van der Waals surface area (Å²) in [5.41, 5.74) is 3.60. The molecule has 0 saturated carbocycles. The van der Waals surface area contributed by atoms with Crippen molar-refractivity contribution in [1.82, 2.24) is 10.4 Å². The van der Waals surface area contributed by atoms with Gasteiger partial charge in [-0.25, -0.2) is 10.2 Å². The number of ether oxygens (including phenoxy) is 1. The van der Waals surface area contributed by atoms with Gasteiger partial charge in [0.05, 0.1) is 6.21 Å². The molecule has 0 fully saturated rings. The fourth-order valence-electron chi connectivity index (χ4n) is 1.94. The molecule has 2 heterocycles. The lowest BCUT2D eigenvalue weighted by Crippen LogP contribution is -2.17. The lowest BCUT2D eigenvalue weighted by Gasteiger charge is -2.02. The summed E-state index contributed by atoms with van der Waals surface area (Å²) in [5, 5.41) is 3.89. The summed E-state index contributed by atoms with van der Waals surface area (Å²) in [4.78, 5) is 27.5. The fraction of sp³-hybridized carbons (Fsp3) is 0. The third-order valence-corrected chi connectivity index (χ3v) is 3.61. The number of pyridine rings is 1. The van der Waals surface area contributed by atoms with Crippen molar-refractivity contribution in [1.29, 1.82) is 0 Å². The van der Waals surface area contributed by atoms with E-state index in [2.05, 4.69) is 31.4 Å². The lowest BCUT2D eigenvalue weighted by molar-refractivity contribution is 0.0699. The van der Waals surface area contributed by atoms with E-state index in [1.807, 2.05) is 0 Å². The molecule has 1 aromatic carbocycles. The van der Waals surface area contributed by atoms with Crippen LogP contribution in [0.3, 0.4) is 0 Å². The molecule has 0 unspecified atom stereocenters. The zero-order valence-electron chi connectivity index (χ0n) is 13.3. The third kappa shape index (κ3) is 4.64. The highest BCUT2D eigenvalue weighted by atomic mass is 79.9. The van der Waals surface area contributed by atoms with Gasteiger partial charge in [-0.3, -0.25) is 9.78 Å². The highest BCUT2D eigenvalue weighted by molar-refractivity contribution is 9.10. The summed E-state index contributed by atoms with van der Waals surface area (Å²) < 4.78 is 10.8. The number of furan rings is 1. The SMILES string of the molecule is O=C(NN=Cc1ccc(OC(=O)c2ccc(Br)o2)cc1)c1ccncc1. The van der Waals surface area contributed by atoms with Gasteiger partial charge in [-0.15, -0.1) is 0 Å². The Morgan fingerprint density at radius 1 is 1.08 bits per heavy atom. The highest BCUT2D eigenvalue weighted by Crippen LogP contribution is 2.17. The standard InChI is InChI=1S/C18H12BrN3O4/c19-16-6-5-15(26-16)18(24)25-14-3-1-12(2-4-14)11-21-22-17(23)13-7-9-20-10-8-13/h1-11H,(H,22,23). The number of carbonyl (C=O) groups is 2. The molecule has 0 aliphatic heterocycles. The number of nitrogens with zero attached hydrogens (tertiary/aromatic N) is 2. The average Bonchev–Trinajstić information content (AvgIpc) is 3.10. The number of nitrogens with one attached hydrogen (secondary N) is 1. The van der Waals surface area contributed by atoms with Gasteiger partial charge in [0.1, 0.15) is 5.75 Å². The van der Waals surface area contributed by atoms with Crippen LogP contribution in [0.2, 0.25) is 0 Å². The first-order valence-electron chi connectivity index (χ1n) is 7.43. The van der Waals surface area contributed by atoms with E-state index >= 15 is 0 Å². The molecule has 2 aromatic heterocycles. The molecule has 0 aliphatic carbocycles. The predicted molar refractivity (Wildman–Crippen MR) is 97.1 cm³/mol. The highest BCUT2D eigenvalue weighted by Gasteiger charge is 2.12. The van der Waals surface area contributed by atoms with Gasteiger partial charge >= 0.3 is 5.97 Å². The Hall–Kier alpha value is -3.26. The number of amides is 1. The van der Waals surface area contributed by atoms with Crippen LogP contribution in [-0.2, 0) is 0 Å². The molecule has 0 saturated heterocycles. The van der Waals surface area contributed by atoms with E-state index in [4.69, 9.17) is 9.15 Å². The largest absolute Gasteiger partial charge is 0.442 e. The molecule has 3 aromatic rings. The van der Waals surface area contributed by atoms with Crippen molar-refractivity contribution < 1.29 is 18.7 Å². The van der Waals surface area contributed by atoms with Gasteiger partial charge in [0, 0.05) is 18.0 Å². The van der Waals surface area contributed by atoms with Crippen molar-refractivity contribution >= 4 is 34.0 Å². The number of halogens is 1. The Kier molecular flexibility index (Phi) is 5.55. The van der Waals surface area contributed by atoms with E-state index in [1.165, 1.54) is 24.7 Å². The monoisotopic (exact) mass is 413 g/mol. The molecule has 26 heavy (non-hydrogen) atoms. The number of aromatic nitrogens is 1. The lowest BCUT2D eigenvalue weighted by atomic mass is 10.2. The molecular weight excluding hydrogens is 402 g/mol. The van der Waals surface area contributed by atoms with Crippen molar-refractivity contribution in [3.05, 3.63) is 82.5 Å². The normalized spacial score (nSPS) is 10.7. The van der Waals surface area contributed by atoms with Gasteiger partial charge in [0.2, 0.25) is 5.76 Å². The Labute approximate surface area is 156 Å². The number of hydrazone groups is 1. The molecule has 0 radical (unpaired) electrons. The molecule has 0 atom stereocenters. The van der Waals surface area contributed by atoms with Crippen LogP contribution in [0.15, 0.2) is 75.1 Å². The van der Waals surface area contributed by atoms with Crippen LogP contribution in [0, 0.1) is 0 Å². The van der Waals surface area contributed by atoms with Crippen molar-refractivity contribution in [3.8, 4) is 5.75 Å². The van der Waals surface area contributed by atoms with Crippen LogP contribution in [0.5, 0.6) is 5.75 Å². The van der Waals surface area contributed by atoms with Crippen LogP contribution in [0.1, 0.15) is 26.5 Å². The van der Waals surface area contributed by atoms with E-state index in [-0.39, 0.29) is 11.7 Å². The molecule has 1 amide bonds. The van der Waals surface area contributed by atoms with Crippen molar-refractivity contribution in [2.45, 2.75) is 0 Å². The minimum Gasteiger partial charge on any atom is -0.442 e. The zero-order chi connectivity index (χ0) is 18.4. The van der Waals surface area contributed by atoms with Crippen molar-refractivity contribution in [2.24, 2.45) is 5.10 Å².